The van der Waals surface area contributed by atoms with Crippen molar-refractivity contribution in [1.82, 2.24) is 10.9 Å². The van der Waals surface area contributed by atoms with E-state index in [2.05, 4.69) is 16.9 Å². The molecule has 1 fully saturated rings. The van der Waals surface area contributed by atoms with Gasteiger partial charge in [-0.2, -0.15) is 0 Å². The van der Waals surface area contributed by atoms with Crippen molar-refractivity contribution in [1.29, 1.82) is 0 Å². The highest BCUT2D eigenvalue weighted by atomic mass is 16.5. The molecule has 0 bridgehead atoms. The van der Waals surface area contributed by atoms with Crippen LogP contribution >= 0.6 is 0 Å². The topological polar surface area (TPSA) is 42.5 Å². The van der Waals surface area contributed by atoms with E-state index in [1.54, 1.807) is 14.2 Å². The third-order valence-corrected chi connectivity index (χ3v) is 2.70. The first kappa shape index (κ1) is 10.3. The molecule has 0 saturated carbocycles. The van der Waals surface area contributed by atoms with Gasteiger partial charge < -0.3 is 9.47 Å². The quantitative estimate of drug-likeness (QED) is 0.774. The maximum Gasteiger partial charge on any atom is 0.160 e. The summed E-state index contributed by atoms with van der Waals surface area (Å²) in [5.74, 6) is 2.08. The molecule has 1 saturated heterocycles. The minimum absolute atomic E-state index is 0.504. The zero-order valence-electron chi connectivity index (χ0n) is 9.04. The van der Waals surface area contributed by atoms with Crippen molar-refractivity contribution in [2.45, 2.75) is 5.92 Å². The summed E-state index contributed by atoms with van der Waals surface area (Å²) in [7, 11) is 3.31. The predicted molar refractivity (Wildman–Crippen MR) is 58.3 cm³/mol. The van der Waals surface area contributed by atoms with Gasteiger partial charge in [0.1, 0.15) is 0 Å². The van der Waals surface area contributed by atoms with Gasteiger partial charge in [0.2, 0.25) is 0 Å². The van der Waals surface area contributed by atoms with Gasteiger partial charge in [0.05, 0.1) is 14.2 Å². The van der Waals surface area contributed by atoms with E-state index in [1.165, 1.54) is 5.56 Å². The van der Waals surface area contributed by atoms with Crippen molar-refractivity contribution in [3.05, 3.63) is 23.8 Å². The summed E-state index contributed by atoms with van der Waals surface area (Å²) in [5.41, 5.74) is 7.50. The molecule has 4 nitrogen and oxygen atoms in total. The fraction of sp³-hybridized carbons (Fsp3) is 0.455. The lowest BCUT2D eigenvalue weighted by atomic mass is 10.00. The van der Waals surface area contributed by atoms with E-state index in [1.807, 2.05) is 12.1 Å². The van der Waals surface area contributed by atoms with E-state index in [9.17, 15) is 0 Å². The number of hydrazine groups is 1. The normalized spacial score (nSPS) is 16.7. The van der Waals surface area contributed by atoms with Gasteiger partial charge in [-0.1, -0.05) is 6.07 Å². The van der Waals surface area contributed by atoms with Crippen LogP contribution in [-0.2, 0) is 0 Å². The Bertz CT molecular complexity index is 335. The van der Waals surface area contributed by atoms with E-state index < -0.39 is 0 Å². The van der Waals surface area contributed by atoms with Crippen LogP contribution in [0.4, 0.5) is 0 Å². The van der Waals surface area contributed by atoms with Crippen molar-refractivity contribution in [2.75, 3.05) is 27.3 Å². The summed E-state index contributed by atoms with van der Waals surface area (Å²) in [5, 5.41) is 0. The summed E-state index contributed by atoms with van der Waals surface area (Å²) < 4.78 is 10.5. The van der Waals surface area contributed by atoms with Crippen LogP contribution in [0.2, 0.25) is 0 Å². The van der Waals surface area contributed by atoms with Gasteiger partial charge in [-0.3, -0.25) is 10.9 Å². The molecule has 0 aromatic heterocycles. The first-order valence-electron chi connectivity index (χ1n) is 5.03. The number of methoxy groups -OCH3 is 2. The summed E-state index contributed by atoms with van der Waals surface area (Å²) in [6, 6.07) is 6.07. The van der Waals surface area contributed by atoms with Crippen molar-refractivity contribution in [3.8, 4) is 11.5 Å². The molecule has 1 aromatic carbocycles. The second-order valence-electron chi connectivity index (χ2n) is 3.57. The zero-order valence-corrected chi connectivity index (χ0v) is 9.04. The van der Waals surface area contributed by atoms with Crippen LogP contribution < -0.4 is 20.3 Å². The molecule has 2 rings (SSSR count). The third-order valence-electron chi connectivity index (χ3n) is 2.70. The molecular weight excluding hydrogens is 192 g/mol. The molecule has 0 unspecified atom stereocenters. The van der Waals surface area contributed by atoms with Crippen LogP contribution in [0.5, 0.6) is 11.5 Å². The largest absolute Gasteiger partial charge is 0.493 e. The van der Waals surface area contributed by atoms with Crippen LogP contribution in [0.25, 0.3) is 0 Å². The minimum Gasteiger partial charge on any atom is -0.493 e. The Morgan fingerprint density at radius 2 is 1.73 bits per heavy atom. The molecule has 0 amide bonds. The Kier molecular flexibility index (Phi) is 3.08. The second-order valence-corrected chi connectivity index (χ2v) is 3.57. The van der Waals surface area contributed by atoms with Gasteiger partial charge in [-0.25, -0.2) is 0 Å². The van der Waals surface area contributed by atoms with E-state index in [0.29, 0.717) is 5.92 Å². The highest BCUT2D eigenvalue weighted by molar-refractivity contribution is 5.44. The first-order valence-corrected chi connectivity index (χ1v) is 5.03. The maximum absolute atomic E-state index is 5.27. The van der Waals surface area contributed by atoms with Crippen molar-refractivity contribution in [2.24, 2.45) is 0 Å². The van der Waals surface area contributed by atoms with E-state index in [4.69, 9.17) is 9.47 Å². The molecule has 1 aliphatic rings. The SMILES string of the molecule is COc1ccc(C2CNNC2)cc1OC. The lowest BCUT2D eigenvalue weighted by Gasteiger charge is -2.12. The fourth-order valence-corrected chi connectivity index (χ4v) is 1.81. The molecule has 1 aromatic rings. The third kappa shape index (κ3) is 2.06. The molecule has 82 valence electrons. The molecule has 0 spiro atoms. The lowest BCUT2D eigenvalue weighted by molar-refractivity contribution is 0.354. The van der Waals surface area contributed by atoms with Gasteiger partial charge in [0.25, 0.3) is 0 Å². The Morgan fingerprint density at radius 1 is 1.07 bits per heavy atom. The second kappa shape index (κ2) is 4.51. The predicted octanol–water partition coefficient (Wildman–Crippen LogP) is 0.895. The standard InChI is InChI=1S/C11H16N2O2/c1-14-10-4-3-8(5-11(10)15-2)9-6-12-13-7-9/h3-5,9,12-13H,6-7H2,1-2H3. The lowest BCUT2D eigenvalue weighted by Crippen LogP contribution is -2.21. The molecule has 0 atom stereocenters. The summed E-state index contributed by atoms with van der Waals surface area (Å²) in [6.07, 6.45) is 0. The van der Waals surface area contributed by atoms with Crippen molar-refractivity contribution < 1.29 is 9.47 Å². The summed E-state index contributed by atoms with van der Waals surface area (Å²) in [6.45, 7) is 1.91. The molecular formula is C11H16N2O2. The van der Waals surface area contributed by atoms with Crippen LogP contribution in [0.3, 0.4) is 0 Å². The number of rotatable bonds is 3. The summed E-state index contributed by atoms with van der Waals surface area (Å²) in [4.78, 5) is 0. The Balaban J connectivity index is 2.25. The Labute approximate surface area is 89.5 Å². The Morgan fingerprint density at radius 3 is 2.33 bits per heavy atom. The number of hydrogen-bond acceptors (Lipinski definition) is 4. The molecule has 15 heavy (non-hydrogen) atoms. The molecule has 2 N–H and O–H groups in total. The number of benzene rings is 1. The highest BCUT2D eigenvalue weighted by Gasteiger charge is 2.17. The van der Waals surface area contributed by atoms with Gasteiger partial charge in [0, 0.05) is 19.0 Å². The van der Waals surface area contributed by atoms with Gasteiger partial charge >= 0.3 is 0 Å². The average Bonchev–Trinajstić information content (AvgIpc) is 2.81. The van der Waals surface area contributed by atoms with E-state index in [-0.39, 0.29) is 0 Å². The monoisotopic (exact) mass is 208 g/mol. The zero-order chi connectivity index (χ0) is 10.7. The van der Waals surface area contributed by atoms with Crippen LogP contribution in [0.1, 0.15) is 11.5 Å². The number of ether oxygens (including phenoxy) is 2. The maximum atomic E-state index is 5.27. The van der Waals surface area contributed by atoms with Crippen LogP contribution in [0.15, 0.2) is 18.2 Å². The highest BCUT2D eigenvalue weighted by Crippen LogP contribution is 2.30. The van der Waals surface area contributed by atoms with Crippen molar-refractivity contribution in [3.63, 3.8) is 0 Å². The van der Waals surface area contributed by atoms with Crippen LogP contribution in [0, 0.1) is 0 Å². The molecule has 4 heteroatoms. The van der Waals surface area contributed by atoms with Gasteiger partial charge in [-0.15, -0.1) is 0 Å². The van der Waals surface area contributed by atoms with Gasteiger partial charge in [-0.05, 0) is 17.7 Å². The molecule has 0 radical (unpaired) electrons. The number of hydrogen-bond donors (Lipinski definition) is 2. The molecule has 0 aliphatic carbocycles. The first-order chi connectivity index (χ1) is 7.35. The average molecular weight is 208 g/mol. The molecule has 1 heterocycles. The molecule has 1 aliphatic heterocycles. The minimum atomic E-state index is 0.504. The van der Waals surface area contributed by atoms with E-state index >= 15 is 0 Å². The smallest absolute Gasteiger partial charge is 0.160 e. The number of nitrogens with one attached hydrogen (secondary N) is 2. The van der Waals surface area contributed by atoms with Crippen molar-refractivity contribution >= 4 is 0 Å². The fourth-order valence-electron chi connectivity index (χ4n) is 1.81. The Hall–Kier alpha value is -1.26. The van der Waals surface area contributed by atoms with E-state index in [0.717, 1.165) is 24.6 Å². The van der Waals surface area contributed by atoms with Gasteiger partial charge in [0.15, 0.2) is 11.5 Å². The summed E-state index contributed by atoms with van der Waals surface area (Å²) >= 11 is 0. The van der Waals surface area contributed by atoms with Crippen LogP contribution in [-0.4, -0.2) is 27.3 Å².